The first-order valence-electron chi connectivity index (χ1n) is 9.13. The molecule has 0 spiro atoms. The highest BCUT2D eigenvalue weighted by Crippen LogP contribution is 2.69. The molecular weight excluding hydrogens is 438 g/mol. The number of hydrogen-bond donors (Lipinski definition) is 1. The van der Waals surface area contributed by atoms with E-state index in [0.717, 1.165) is 17.7 Å². The lowest BCUT2D eigenvalue weighted by molar-refractivity contribution is -0.137. The molecule has 1 aliphatic rings. The fraction of sp³-hybridized carbons (Fsp3) is 0.300. The van der Waals surface area contributed by atoms with Gasteiger partial charge in [0.05, 0.1) is 16.4 Å². The Balaban J connectivity index is 1.66. The van der Waals surface area contributed by atoms with Crippen LogP contribution < -0.4 is 5.14 Å². The summed E-state index contributed by atoms with van der Waals surface area (Å²) in [7, 11) is -3.83. The zero-order valence-electron chi connectivity index (χ0n) is 16.3. The van der Waals surface area contributed by atoms with Crippen LogP contribution in [0, 0.1) is 11.2 Å². The number of primary sulfonamides is 1. The molecule has 164 valence electrons. The van der Waals surface area contributed by atoms with Crippen LogP contribution in [0.3, 0.4) is 0 Å². The van der Waals surface area contributed by atoms with E-state index in [4.69, 9.17) is 9.66 Å². The number of halogens is 4. The van der Waals surface area contributed by atoms with Crippen LogP contribution in [0.5, 0.6) is 0 Å². The molecule has 6 nitrogen and oxygen atoms in total. The zero-order chi connectivity index (χ0) is 22.8. The molecule has 11 heteroatoms. The summed E-state index contributed by atoms with van der Waals surface area (Å²) in [4.78, 5) is 4.13. The first-order valence-corrected chi connectivity index (χ1v) is 10.7. The number of benzene rings is 2. The molecule has 0 amide bonds. The van der Waals surface area contributed by atoms with Gasteiger partial charge < -0.3 is 4.52 Å². The number of sulfonamides is 1. The Bertz CT molecular complexity index is 1250. The van der Waals surface area contributed by atoms with Crippen molar-refractivity contribution in [1.82, 2.24) is 10.1 Å². The van der Waals surface area contributed by atoms with E-state index in [1.165, 1.54) is 12.1 Å². The van der Waals surface area contributed by atoms with E-state index < -0.39 is 27.6 Å². The molecule has 1 aromatic heterocycles. The van der Waals surface area contributed by atoms with Crippen molar-refractivity contribution in [2.24, 2.45) is 10.6 Å². The third-order valence-electron chi connectivity index (χ3n) is 5.63. The fourth-order valence-corrected chi connectivity index (χ4v) is 4.52. The smallest absolute Gasteiger partial charge is 0.339 e. The van der Waals surface area contributed by atoms with Gasteiger partial charge in [-0.15, -0.1) is 0 Å². The second-order valence-corrected chi connectivity index (χ2v) is 9.60. The molecule has 3 aromatic rings. The first kappa shape index (κ1) is 21.4. The highest BCUT2D eigenvalue weighted by atomic mass is 32.2. The average Bonchev–Trinajstić information content (AvgIpc) is 3.00. The number of nitrogens with zero attached hydrogens (tertiary/aromatic N) is 2. The van der Waals surface area contributed by atoms with Crippen LogP contribution in [0.4, 0.5) is 17.6 Å². The topological polar surface area (TPSA) is 99.1 Å². The van der Waals surface area contributed by atoms with E-state index in [2.05, 4.69) is 10.1 Å². The number of nitrogens with two attached hydrogens (primary N) is 1. The van der Waals surface area contributed by atoms with Gasteiger partial charge in [-0.3, -0.25) is 0 Å². The lowest BCUT2D eigenvalue weighted by atomic mass is 10.0. The van der Waals surface area contributed by atoms with Gasteiger partial charge in [0.2, 0.25) is 21.7 Å². The third kappa shape index (κ3) is 3.83. The number of hydrogen-bond acceptors (Lipinski definition) is 5. The Labute approximate surface area is 175 Å². The summed E-state index contributed by atoms with van der Waals surface area (Å²) in [5.41, 5.74) is -1.12. The zero-order valence-corrected chi connectivity index (χ0v) is 17.1. The predicted molar refractivity (Wildman–Crippen MR) is 102 cm³/mol. The van der Waals surface area contributed by atoms with Gasteiger partial charge in [0.25, 0.3) is 0 Å². The van der Waals surface area contributed by atoms with E-state index in [-0.39, 0.29) is 39.4 Å². The van der Waals surface area contributed by atoms with Gasteiger partial charge in [0.1, 0.15) is 5.82 Å². The minimum atomic E-state index is -4.79. The van der Waals surface area contributed by atoms with Crippen molar-refractivity contribution in [3.63, 3.8) is 0 Å². The third-order valence-corrected chi connectivity index (χ3v) is 6.56. The van der Waals surface area contributed by atoms with E-state index in [1.54, 1.807) is 12.1 Å². The first-order chi connectivity index (χ1) is 14.3. The molecule has 2 atom stereocenters. The van der Waals surface area contributed by atoms with E-state index in [9.17, 15) is 26.0 Å². The van der Waals surface area contributed by atoms with Crippen LogP contribution >= 0.6 is 0 Å². The Morgan fingerprint density at radius 1 is 1.06 bits per heavy atom. The Kier molecular flexibility index (Phi) is 4.74. The molecular formula is C20H17F4N3O3S. The van der Waals surface area contributed by atoms with Crippen LogP contribution in [0.1, 0.15) is 42.7 Å². The Morgan fingerprint density at radius 3 is 2.29 bits per heavy atom. The summed E-state index contributed by atoms with van der Waals surface area (Å²) in [5, 5.41) is 8.80. The monoisotopic (exact) mass is 455 g/mol. The highest BCUT2D eigenvalue weighted by molar-refractivity contribution is 7.89. The molecule has 1 saturated carbocycles. The predicted octanol–water partition coefficient (Wildman–Crippen LogP) is 4.45. The fourth-order valence-electron chi connectivity index (χ4n) is 4.00. The maximum Gasteiger partial charge on any atom is 0.417 e. The van der Waals surface area contributed by atoms with Gasteiger partial charge in [-0.25, -0.2) is 17.9 Å². The molecule has 1 heterocycles. The molecule has 1 fully saturated rings. The largest absolute Gasteiger partial charge is 0.417 e. The maximum absolute atomic E-state index is 13.4. The molecule has 4 rings (SSSR count). The van der Waals surface area contributed by atoms with Gasteiger partial charge >= 0.3 is 6.18 Å². The molecule has 0 bridgehead atoms. The molecule has 0 aliphatic heterocycles. The summed E-state index contributed by atoms with van der Waals surface area (Å²) in [6.07, 6.45) is -4.79. The lowest BCUT2D eigenvalue weighted by Crippen LogP contribution is -2.11. The van der Waals surface area contributed by atoms with Gasteiger partial charge in [-0.1, -0.05) is 31.1 Å². The van der Waals surface area contributed by atoms with Crippen LogP contribution in [0.25, 0.3) is 11.4 Å². The van der Waals surface area contributed by atoms with Crippen LogP contribution in [0.15, 0.2) is 51.9 Å². The Morgan fingerprint density at radius 2 is 1.71 bits per heavy atom. The van der Waals surface area contributed by atoms with Crippen LogP contribution in [0.2, 0.25) is 0 Å². The minimum Gasteiger partial charge on any atom is -0.339 e. The van der Waals surface area contributed by atoms with Crippen molar-refractivity contribution in [2.75, 3.05) is 0 Å². The van der Waals surface area contributed by atoms with Gasteiger partial charge in [0, 0.05) is 11.5 Å². The van der Waals surface area contributed by atoms with E-state index in [1.807, 2.05) is 13.8 Å². The minimum absolute atomic E-state index is 0.0256. The maximum atomic E-state index is 13.4. The van der Waals surface area contributed by atoms with Gasteiger partial charge in [0.15, 0.2) is 0 Å². The molecule has 0 saturated heterocycles. The van der Waals surface area contributed by atoms with Gasteiger partial charge in [-0.05, 0) is 41.3 Å². The molecule has 2 N–H and O–H groups in total. The summed E-state index contributed by atoms with van der Waals surface area (Å²) in [5.74, 6) is -1.56. The standard InChI is InChI=1S/C20H17F4N3O3S/c1-19(2)15(10-3-6-12(7-4-10)31(25,28)29)16(19)18-26-17(27-30-18)13-8-5-11(21)9-14(13)20(22,23)24/h3-9,15-16H,1-2H3,(H2,25,28,29)/t15-,16+/m0/s1. The van der Waals surface area contributed by atoms with E-state index in [0.29, 0.717) is 6.07 Å². The summed E-state index contributed by atoms with van der Waals surface area (Å²) >= 11 is 0. The lowest BCUT2D eigenvalue weighted by Gasteiger charge is -2.10. The van der Waals surface area contributed by atoms with Gasteiger partial charge in [-0.2, -0.15) is 18.2 Å². The number of aromatic nitrogens is 2. The number of rotatable bonds is 4. The number of alkyl halides is 3. The SMILES string of the molecule is CC1(C)[C@@H](c2ccc(S(N)(=O)=O)cc2)[C@@H]1c1nc(-c2ccc(F)cc2C(F)(F)F)no1. The van der Waals surface area contributed by atoms with Crippen LogP contribution in [-0.4, -0.2) is 18.6 Å². The van der Waals surface area contributed by atoms with Crippen LogP contribution in [-0.2, 0) is 16.2 Å². The van der Waals surface area contributed by atoms with Crippen molar-refractivity contribution in [1.29, 1.82) is 0 Å². The second-order valence-electron chi connectivity index (χ2n) is 8.03. The summed E-state index contributed by atoms with van der Waals surface area (Å²) in [6.45, 7) is 3.86. The average molecular weight is 455 g/mol. The molecule has 1 aliphatic carbocycles. The quantitative estimate of drug-likeness (QED) is 0.586. The summed E-state index contributed by atoms with van der Waals surface area (Å²) < 4.78 is 81.4. The van der Waals surface area contributed by atoms with Crippen molar-refractivity contribution in [3.05, 3.63) is 65.3 Å². The molecule has 2 aromatic carbocycles. The van der Waals surface area contributed by atoms with Crippen molar-refractivity contribution in [3.8, 4) is 11.4 Å². The molecule has 0 unspecified atom stereocenters. The molecule has 31 heavy (non-hydrogen) atoms. The summed E-state index contributed by atoms with van der Waals surface area (Å²) in [6, 6.07) is 8.30. The van der Waals surface area contributed by atoms with Crippen molar-refractivity contribution in [2.45, 2.75) is 36.8 Å². The second kappa shape index (κ2) is 6.86. The Hall–Kier alpha value is -2.79. The normalized spacial score (nSPS) is 20.6. The highest BCUT2D eigenvalue weighted by Gasteiger charge is 2.62. The van der Waals surface area contributed by atoms with E-state index >= 15 is 0 Å². The van der Waals surface area contributed by atoms with Crippen molar-refractivity contribution >= 4 is 10.0 Å². The van der Waals surface area contributed by atoms with Crippen molar-refractivity contribution < 1.29 is 30.5 Å². The molecule has 0 radical (unpaired) electrons.